The monoisotopic (exact) mass is 462 g/mol. The Labute approximate surface area is 200 Å². The first-order valence-electron chi connectivity index (χ1n) is 11.2. The first kappa shape index (κ1) is 23.3. The molecule has 1 aliphatic rings. The van der Waals surface area contributed by atoms with Crippen molar-refractivity contribution in [2.45, 2.75) is 6.61 Å². The Bertz CT molecular complexity index is 1110. The predicted molar refractivity (Wildman–Crippen MR) is 131 cm³/mol. The van der Waals surface area contributed by atoms with E-state index >= 15 is 0 Å². The smallest absolute Gasteiger partial charge is 0.253 e. The van der Waals surface area contributed by atoms with E-state index in [-0.39, 0.29) is 12.5 Å². The molecule has 1 heterocycles. The predicted octanol–water partition coefficient (Wildman–Crippen LogP) is 4.25. The summed E-state index contributed by atoms with van der Waals surface area (Å²) in [6.07, 6.45) is 0. The van der Waals surface area contributed by atoms with Crippen LogP contribution < -0.4 is 23.8 Å². The van der Waals surface area contributed by atoms with E-state index in [4.69, 9.17) is 18.9 Å². The summed E-state index contributed by atoms with van der Waals surface area (Å²) in [7, 11) is 4.92. The molecule has 0 unspecified atom stereocenters. The molecule has 0 spiro atoms. The van der Waals surface area contributed by atoms with Gasteiger partial charge in [0.15, 0.2) is 0 Å². The first-order chi connectivity index (χ1) is 16.6. The van der Waals surface area contributed by atoms with Crippen LogP contribution in [0.3, 0.4) is 0 Å². The van der Waals surface area contributed by atoms with Crippen LogP contribution in [0.4, 0.5) is 5.69 Å². The lowest BCUT2D eigenvalue weighted by molar-refractivity contribution is 0.0746. The van der Waals surface area contributed by atoms with E-state index in [0.717, 1.165) is 35.8 Å². The summed E-state index contributed by atoms with van der Waals surface area (Å²) in [5.41, 5.74) is 2.50. The summed E-state index contributed by atoms with van der Waals surface area (Å²) in [6, 6.07) is 20.9. The number of hydrogen-bond donors (Lipinski definition) is 0. The molecule has 4 rings (SSSR count). The van der Waals surface area contributed by atoms with Gasteiger partial charge in [-0.25, -0.2) is 0 Å². The standard InChI is InChI=1S/C27H30N2O5/c1-31-22-9-11-23(12-10-22)34-19-21-18-20(8-13-25(21)32-2)27(30)29-16-14-28(15-17-29)24-6-4-5-7-26(24)33-3/h4-13,18H,14-17,19H2,1-3H3. The molecule has 7 nitrogen and oxygen atoms in total. The van der Waals surface area contributed by atoms with Gasteiger partial charge in [-0.05, 0) is 54.6 Å². The van der Waals surface area contributed by atoms with Crippen molar-refractivity contribution in [1.29, 1.82) is 0 Å². The number of carbonyl (C=O) groups is 1. The molecule has 0 atom stereocenters. The van der Waals surface area contributed by atoms with E-state index < -0.39 is 0 Å². The summed E-state index contributed by atoms with van der Waals surface area (Å²) in [4.78, 5) is 17.4. The number of amides is 1. The molecular formula is C27H30N2O5. The number of ether oxygens (including phenoxy) is 4. The van der Waals surface area contributed by atoms with Gasteiger partial charge in [0, 0.05) is 37.3 Å². The first-order valence-corrected chi connectivity index (χ1v) is 11.2. The van der Waals surface area contributed by atoms with Gasteiger partial charge in [-0.3, -0.25) is 4.79 Å². The molecule has 1 fully saturated rings. The Morgan fingerprint density at radius 2 is 1.44 bits per heavy atom. The van der Waals surface area contributed by atoms with Crippen molar-refractivity contribution in [2.24, 2.45) is 0 Å². The van der Waals surface area contributed by atoms with Crippen LogP contribution in [0.25, 0.3) is 0 Å². The molecule has 1 saturated heterocycles. The second-order valence-corrected chi connectivity index (χ2v) is 7.94. The molecule has 3 aromatic carbocycles. The van der Waals surface area contributed by atoms with Gasteiger partial charge in [-0.1, -0.05) is 12.1 Å². The molecule has 1 aliphatic heterocycles. The third-order valence-corrected chi connectivity index (χ3v) is 5.97. The summed E-state index contributed by atoms with van der Waals surface area (Å²) >= 11 is 0. The van der Waals surface area contributed by atoms with Crippen LogP contribution in [-0.2, 0) is 6.61 Å². The molecule has 0 aromatic heterocycles. The van der Waals surface area contributed by atoms with Gasteiger partial charge in [0.05, 0.1) is 27.0 Å². The molecule has 178 valence electrons. The third kappa shape index (κ3) is 5.20. The molecule has 0 N–H and O–H groups in total. The molecule has 34 heavy (non-hydrogen) atoms. The maximum atomic E-state index is 13.2. The van der Waals surface area contributed by atoms with E-state index in [1.165, 1.54) is 0 Å². The molecule has 0 aliphatic carbocycles. The molecule has 7 heteroatoms. The average molecular weight is 463 g/mol. The van der Waals surface area contributed by atoms with Gasteiger partial charge in [0.25, 0.3) is 5.91 Å². The number of hydrogen-bond acceptors (Lipinski definition) is 6. The Morgan fingerprint density at radius 3 is 2.12 bits per heavy atom. The van der Waals surface area contributed by atoms with Crippen LogP contribution >= 0.6 is 0 Å². The van der Waals surface area contributed by atoms with E-state index in [1.54, 1.807) is 21.3 Å². The second kappa shape index (κ2) is 10.8. The molecule has 3 aromatic rings. The van der Waals surface area contributed by atoms with Gasteiger partial charge in [-0.15, -0.1) is 0 Å². The van der Waals surface area contributed by atoms with E-state index in [1.807, 2.05) is 65.6 Å². The molecular weight excluding hydrogens is 432 g/mol. The second-order valence-electron chi connectivity index (χ2n) is 7.94. The number of piperazine rings is 1. The van der Waals surface area contributed by atoms with Crippen molar-refractivity contribution >= 4 is 11.6 Å². The summed E-state index contributed by atoms with van der Waals surface area (Å²) in [6.45, 7) is 3.06. The van der Waals surface area contributed by atoms with Crippen LogP contribution in [-0.4, -0.2) is 58.3 Å². The van der Waals surface area contributed by atoms with Crippen molar-refractivity contribution < 1.29 is 23.7 Å². The minimum atomic E-state index is 0.00743. The number of benzene rings is 3. The van der Waals surface area contributed by atoms with Crippen molar-refractivity contribution in [3.63, 3.8) is 0 Å². The fourth-order valence-electron chi connectivity index (χ4n) is 4.08. The zero-order valence-electron chi connectivity index (χ0n) is 19.8. The van der Waals surface area contributed by atoms with Gasteiger partial charge in [0.2, 0.25) is 0 Å². The number of carbonyl (C=O) groups excluding carboxylic acids is 1. The SMILES string of the molecule is COc1ccc(OCc2cc(C(=O)N3CCN(c4ccccc4OC)CC3)ccc2OC)cc1. The number of nitrogens with zero attached hydrogens (tertiary/aromatic N) is 2. The van der Waals surface area contributed by atoms with Gasteiger partial charge < -0.3 is 28.7 Å². The Kier molecular flexibility index (Phi) is 7.42. The maximum Gasteiger partial charge on any atom is 0.253 e. The normalized spacial score (nSPS) is 13.4. The highest BCUT2D eigenvalue weighted by Gasteiger charge is 2.24. The quantitative estimate of drug-likeness (QED) is 0.499. The van der Waals surface area contributed by atoms with Crippen LogP contribution in [0.2, 0.25) is 0 Å². The van der Waals surface area contributed by atoms with Crippen LogP contribution in [0.1, 0.15) is 15.9 Å². The molecule has 0 radical (unpaired) electrons. The molecule has 1 amide bonds. The molecule has 0 bridgehead atoms. The largest absolute Gasteiger partial charge is 0.497 e. The highest BCUT2D eigenvalue weighted by atomic mass is 16.5. The number of para-hydroxylation sites is 2. The Hall–Kier alpha value is -3.87. The fraction of sp³-hybridized carbons (Fsp3) is 0.296. The average Bonchev–Trinajstić information content (AvgIpc) is 2.91. The van der Waals surface area contributed by atoms with Crippen molar-refractivity contribution in [1.82, 2.24) is 4.90 Å². The Morgan fingerprint density at radius 1 is 0.765 bits per heavy atom. The number of methoxy groups -OCH3 is 3. The van der Waals surface area contributed by atoms with Crippen LogP contribution in [0, 0.1) is 0 Å². The maximum absolute atomic E-state index is 13.2. The number of rotatable bonds is 8. The third-order valence-electron chi connectivity index (χ3n) is 5.97. The number of anilines is 1. The lowest BCUT2D eigenvalue weighted by Crippen LogP contribution is -2.48. The summed E-state index contributed by atoms with van der Waals surface area (Å²) in [5.74, 6) is 3.02. The van der Waals surface area contributed by atoms with Crippen LogP contribution in [0.5, 0.6) is 23.0 Å². The van der Waals surface area contributed by atoms with E-state index in [2.05, 4.69) is 11.0 Å². The van der Waals surface area contributed by atoms with Crippen molar-refractivity contribution in [3.8, 4) is 23.0 Å². The fourth-order valence-corrected chi connectivity index (χ4v) is 4.08. The summed E-state index contributed by atoms with van der Waals surface area (Å²) in [5, 5.41) is 0. The highest BCUT2D eigenvalue weighted by molar-refractivity contribution is 5.94. The van der Waals surface area contributed by atoms with Gasteiger partial charge in [0.1, 0.15) is 29.6 Å². The zero-order valence-corrected chi connectivity index (χ0v) is 19.8. The minimum Gasteiger partial charge on any atom is -0.497 e. The van der Waals surface area contributed by atoms with E-state index in [0.29, 0.717) is 30.2 Å². The Balaban J connectivity index is 1.42. The summed E-state index contributed by atoms with van der Waals surface area (Å²) < 4.78 is 22.1. The van der Waals surface area contributed by atoms with Crippen molar-refractivity contribution in [2.75, 3.05) is 52.4 Å². The highest BCUT2D eigenvalue weighted by Crippen LogP contribution is 2.29. The lowest BCUT2D eigenvalue weighted by Gasteiger charge is -2.36. The lowest BCUT2D eigenvalue weighted by atomic mass is 10.1. The van der Waals surface area contributed by atoms with Gasteiger partial charge in [-0.2, -0.15) is 0 Å². The molecule has 0 saturated carbocycles. The minimum absolute atomic E-state index is 0.00743. The zero-order chi connectivity index (χ0) is 23.9. The topological polar surface area (TPSA) is 60.5 Å². The van der Waals surface area contributed by atoms with Gasteiger partial charge >= 0.3 is 0 Å². The van der Waals surface area contributed by atoms with Crippen LogP contribution in [0.15, 0.2) is 66.7 Å². The van der Waals surface area contributed by atoms with E-state index in [9.17, 15) is 4.79 Å². The van der Waals surface area contributed by atoms with Crippen molar-refractivity contribution in [3.05, 3.63) is 77.9 Å².